The highest BCUT2D eigenvalue weighted by molar-refractivity contribution is 7.91. The summed E-state index contributed by atoms with van der Waals surface area (Å²) in [5.41, 5.74) is 4.48. The van der Waals surface area contributed by atoms with Gasteiger partial charge in [-0.3, -0.25) is 4.79 Å². The van der Waals surface area contributed by atoms with Gasteiger partial charge in [0.05, 0.1) is 29.8 Å². The fourth-order valence-corrected chi connectivity index (χ4v) is 5.42. The molecule has 180 valence electrons. The van der Waals surface area contributed by atoms with Gasteiger partial charge in [-0.2, -0.15) is 5.26 Å². The molecule has 0 atom stereocenters. The molecule has 0 radical (unpaired) electrons. The van der Waals surface area contributed by atoms with Gasteiger partial charge in [0.25, 0.3) is 5.91 Å². The average Bonchev–Trinajstić information content (AvgIpc) is 2.91. The zero-order valence-electron chi connectivity index (χ0n) is 19.4. The molecule has 0 unspecified atom stereocenters. The molecule has 4 aromatic rings. The molecule has 36 heavy (non-hydrogen) atoms. The van der Waals surface area contributed by atoms with E-state index in [0.29, 0.717) is 16.8 Å². The molecule has 5 rings (SSSR count). The standard InChI is InChI=1S/C26H21N5O4S/c1-35-25-20(14-27)12-21(15-28-25)17-5-6-23-22(13-17)24(30-16-29-23)18-3-2-4-19(11-18)26(32)31-7-9-36(33,34)10-8-31/h2-6,11-13,15-16H,7-10H2,1H3. The molecule has 0 spiro atoms. The molecule has 1 saturated heterocycles. The number of sulfone groups is 1. The molecular weight excluding hydrogens is 478 g/mol. The van der Waals surface area contributed by atoms with Crippen LogP contribution in [-0.2, 0) is 9.84 Å². The second kappa shape index (κ2) is 9.36. The number of nitrogens with zero attached hydrogens (tertiary/aromatic N) is 5. The third-order valence-corrected chi connectivity index (χ3v) is 7.76. The van der Waals surface area contributed by atoms with Crippen molar-refractivity contribution in [2.24, 2.45) is 0 Å². The minimum absolute atomic E-state index is 0.0223. The van der Waals surface area contributed by atoms with Crippen LogP contribution in [0.5, 0.6) is 5.88 Å². The van der Waals surface area contributed by atoms with E-state index in [9.17, 15) is 18.5 Å². The van der Waals surface area contributed by atoms with E-state index in [2.05, 4.69) is 21.0 Å². The number of fused-ring (bicyclic) bond motifs is 1. The van der Waals surface area contributed by atoms with E-state index in [1.54, 1.807) is 35.4 Å². The van der Waals surface area contributed by atoms with Gasteiger partial charge in [-0.05, 0) is 35.9 Å². The lowest BCUT2D eigenvalue weighted by molar-refractivity contribution is 0.0770. The Morgan fingerprint density at radius 1 is 1.00 bits per heavy atom. The van der Waals surface area contributed by atoms with Gasteiger partial charge < -0.3 is 9.64 Å². The number of hydrogen-bond acceptors (Lipinski definition) is 8. The van der Waals surface area contributed by atoms with Crippen molar-refractivity contribution < 1.29 is 17.9 Å². The summed E-state index contributed by atoms with van der Waals surface area (Å²) in [7, 11) is -1.62. The number of rotatable bonds is 4. The van der Waals surface area contributed by atoms with E-state index >= 15 is 0 Å². The quantitative estimate of drug-likeness (QED) is 0.419. The first-order valence-corrected chi connectivity index (χ1v) is 13.0. The van der Waals surface area contributed by atoms with Gasteiger partial charge in [0.15, 0.2) is 9.84 Å². The SMILES string of the molecule is COc1ncc(-c2ccc3ncnc(-c4cccc(C(=O)N5CCS(=O)(=O)CC5)c4)c3c2)cc1C#N. The first kappa shape index (κ1) is 23.4. The van der Waals surface area contributed by atoms with Crippen molar-refractivity contribution in [3.63, 3.8) is 0 Å². The molecule has 2 aromatic heterocycles. The fourth-order valence-electron chi connectivity index (χ4n) is 4.22. The highest BCUT2D eigenvalue weighted by atomic mass is 32.2. The van der Waals surface area contributed by atoms with Crippen LogP contribution in [0.4, 0.5) is 0 Å². The van der Waals surface area contributed by atoms with E-state index < -0.39 is 9.84 Å². The topological polar surface area (TPSA) is 126 Å². The largest absolute Gasteiger partial charge is 0.480 e. The highest BCUT2D eigenvalue weighted by Crippen LogP contribution is 2.31. The van der Waals surface area contributed by atoms with Crippen molar-refractivity contribution in [1.82, 2.24) is 19.9 Å². The molecule has 10 heteroatoms. The summed E-state index contributed by atoms with van der Waals surface area (Å²) in [6, 6.07) is 16.7. The number of aromatic nitrogens is 3. The Balaban J connectivity index is 1.53. The molecule has 9 nitrogen and oxygen atoms in total. The van der Waals surface area contributed by atoms with E-state index in [1.807, 2.05) is 24.3 Å². The summed E-state index contributed by atoms with van der Waals surface area (Å²) in [5, 5.41) is 10.2. The van der Waals surface area contributed by atoms with Crippen LogP contribution in [0.1, 0.15) is 15.9 Å². The van der Waals surface area contributed by atoms with E-state index in [-0.39, 0.29) is 36.4 Å². The Labute approximate surface area is 207 Å². The van der Waals surface area contributed by atoms with E-state index in [4.69, 9.17) is 4.74 Å². The molecule has 2 aromatic carbocycles. The van der Waals surface area contributed by atoms with Crippen molar-refractivity contribution in [1.29, 1.82) is 5.26 Å². The van der Waals surface area contributed by atoms with Gasteiger partial charge in [-0.15, -0.1) is 0 Å². The minimum atomic E-state index is -3.08. The zero-order valence-corrected chi connectivity index (χ0v) is 20.2. The Kier molecular flexibility index (Phi) is 6.08. The maximum Gasteiger partial charge on any atom is 0.253 e. The molecule has 0 bridgehead atoms. The summed E-state index contributed by atoms with van der Waals surface area (Å²) in [4.78, 5) is 27.7. The predicted octanol–water partition coefficient (Wildman–Crippen LogP) is 3.11. The number of amides is 1. The third-order valence-electron chi connectivity index (χ3n) is 6.15. The monoisotopic (exact) mass is 499 g/mol. The molecular formula is C26H21N5O4S. The van der Waals surface area contributed by atoms with Crippen molar-refractivity contribution in [2.45, 2.75) is 0 Å². The maximum atomic E-state index is 13.1. The lowest BCUT2D eigenvalue weighted by Gasteiger charge is -2.26. The third kappa shape index (κ3) is 4.48. The first-order chi connectivity index (χ1) is 17.4. The van der Waals surface area contributed by atoms with Crippen molar-refractivity contribution in [3.8, 4) is 34.3 Å². The number of carbonyl (C=O) groups is 1. The number of benzene rings is 2. The van der Waals surface area contributed by atoms with Gasteiger partial charge in [0.2, 0.25) is 5.88 Å². The van der Waals surface area contributed by atoms with Crippen LogP contribution < -0.4 is 4.74 Å². The molecule has 1 amide bonds. The Bertz CT molecular complexity index is 1630. The lowest BCUT2D eigenvalue weighted by atomic mass is 9.99. The van der Waals surface area contributed by atoms with Crippen molar-refractivity contribution in [3.05, 3.63) is 72.2 Å². The van der Waals surface area contributed by atoms with Crippen LogP contribution >= 0.6 is 0 Å². The molecule has 1 aliphatic rings. The maximum absolute atomic E-state index is 13.1. The predicted molar refractivity (Wildman–Crippen MR) is 134 cm³/mol. The van der Waals surface area contributed by atoms with Crippen molar-refractivity contribution in [2.75, 3.05) is 31.7 Å². The van der Waals surface area contributed by atoms with Crippen molar-refractivity contribution >= 4 is 26.6 Å². The van der Waals surface area contributed by atoms with Crippen LogP contribution in [0.15, 0.2) is 61.1 Å². The normalized spacial score (nSPS) is 14.8. The van der Waals surface area contributed by atoms with Crippen LogP contribution in [0.3, 0.4) is 0 Å². The van der Waals surface area contributed by atoms with Crippen LogP contribution in [-0.4, -0.2) is 65.9 Å². The summed E-state index contributed by atoms with van der Waals surface area (Å²) in [6.45, 7) is 0.373. The van der Waals surface area contributed by atoms with Gasteiger partial charge in [-0.1, -0.05) is 18.2 Å². The fraction of sp³-hybridized carbons (Fsp3) is 0.192. The molecule has 0 aliphatic carbocycles. The van der Waals surface area contributed by atoms with Gasteiger partial charge >= 0.3 is 0 Å². The summed E-state index contributed by atoms with van der Waals surface area (Å²) >= 11 is 0. The summed E-state index contributed by atoms with van der Waals surface area (Å²) in [6.07, 6.45) is 3.12. The van der Waals surface area contributed by atoms with E-state index in [0.717, 1.165) is 27.6 Å². The van der Waals surface area contributed by atoms with Gasteiger partial charge in [0, 0.05) is 41.4 Å². The highest BCUT2D eigenvalue weighted by Gasteiger charge is 2.26. The molecule has 1 aliphatic heterocycles. The van der Waals surface area contributed by atoms with Gasteiger partial charge in [0.1, 0.15) is 18.0 Å². The number of methoxy groups -OCH3 is 1. The molecule has 1 fully saturated rings. The first-order valence-electron chi connectivity index (χ1n) is 11.2. The Morgan fingerprint density at radius 3 is 2.56 bits per heavy atom. The Hall–Kier alpha value is -4.36. The number of pyridine rings is 1. The second-order valence-electron chi connectivity index (χ2n) is 8.37. The Morgan fingerprint density at radius 2 is 1.81 bits per heavy atom. The summed E-state index contributed by atoms with van der Waals surface area (Å²) in [5.74, 6) is 0.00903. The van der Waals surface area contributed by atoms with Crippen LogP contribution in [0.2, 0.25) is 0 Å². The average molecular weight is 500 g/mol. The second-order valence-corrected chi connectivity index (χ2v) is 10.7. The van der Waals surface area contributed by atoms with Crippen LogP contribution in [0.25, 0.3) is 33.3 Å². The minimum Gasteiger partial charge on any atom is -0.480 e. The smallest absolute Gasteiger partial charge is 0.253 e. The molecule has 0 saturated carbocycles. The number of ether oxygens (including phenoxy) is 1. The number of carbonyl (C=O) groups excluding carboxylic acids is 1. The number of nitriles is 1. The molecule has 0 N–H and O–H groups in total. The lowest BCUT2D eigenvalue weighted by Crippen LogP contribution is -2.43. The summed E-state index contributed by atoms with van der Waals surface area (Å²) < 4.78 is 28.6. The molecule has 3 heterocycles. The van der Waals surface area contributed by atoms with Crippen LogP contribution in [0, 0.1) is 11.3 Å². The van der Waals surface area contributed by atoms with Gasteiger partial charge in [-0.25, -0.2) is 23.4 Å². The van der Waals surface area contributed by atoms with E-state index in [1.165, 1.54) is 13.4 Å². The zero-order chi connectivity index (χ0) is 25.3. The number of hydrogen-bond donors (Lipinski definition) is 0.